The quantitative estimate of drug-likeness (QED) is 0.228. The zero-order valence-electron chi connectivity index (χ0n) is 25.1. The van der Waals surface area contributed by atoms with E-state index in [0.717, 1.165) is 53.4 Å². The van der Waals surface area contributed by atoms with Crippen molar-refractivity contribution in [1.82, 2.24) is 9.97 Å². The Balaban J connectivity index is 0.000000537. The number of carboxylic acids is 1. The van der Waals surface area contributed by atoms with E-state index in [1.54, 1.807) is 18.3 Å². The lowest BCUT2D eigenvalue weighted by Gasteiger charge is -2.47. The number of aryl methyl sites for hydroxylation is 2. The number of nitrogens with zero attached hydrogens (tertiary/aromatic N) is 3. The van der Waals surface area contributed by atoms with Gasteiger partial charge in [0.1, 0.15) is 29.2 Å². The third-order valence-corrected chi connectivity index (χ3v) is 8.31. The van der Waals surface area contributed by atoms with Crippen LogP contribution in [-0.4, -0.2) is 40.5 Å². The molecule has 3 aromatic carbocycles. The monoisotopic (exact) mass is 634 g/mol. The Kier molecular flexibility index (Phi) is 9.81. The van der Waals surface area contributed by atoms with Gasteiger partial charge in [0.25, 0.3) is 0 Å². The summed E-state index contributed by atoms with van der Waals surface area (Å²) in [7, 11) is 0. The van der Waals surface area contributed by atoms with Gasteiger partial charge in [-0.05, 0) is 79.1 Å². The molecular weight excluding hydrogens is 602 g/mol. The Morgan fingerprint density at radius 3 is 2.35 bits per heavy atom. The number of anilines is 2. The van der Waals surface area contributed by atoms with Crippen LogP contribution in [0.25, 0.3) is 0 Å². The van der Waals surface area contributed by atoms with Crippen LogP contribution < -0.4 is 10.0 Å². The van der Waals surface area contributed by atoms with Crippen molar-refractivity contribution >= 4 is 23.3 Å². The number of ether oxygens (including phenoxy) is 1. The lowest BCUT2D eigenvalue weighted by Crippen LogP contribution is -2.52. The van der Waals surface area contributed by atoms with Gasteiger partial charge in [0, 0.05) is 24.8 Å². The minimum Gasteiger partial charge on any atom is -0.542 e. The fraction of sp³-hybridized carbons (Fsp3) is 0.314. The molecule has 0 amide bonds. The van der Waals surface area contributed by atoms with Gasteiger partial charge in [-0.3, -0.25) is 4.79 Å². The Morgan fingerprint density at radius 2 is 1.70 bits per heavy atom. The molecule has 0 atom stereocenters. The number of aromatic nitrogens is 2. The highest BCUT2D eigenvalue weighted by Gasteiger charge is 2.51. The average molecular weight is 635 g/mol. The van der Waals surface area contributed by atoms with Crippen LogP contribution in [0.1, 0.15) is 47.3 Å². The first kappa shape index (κ1) is 32.7. The Bertz CT molecular complexity index is 1670. The van der Waals surface area contributed by atoms with Crippen LogP contribution in [0.15, 0.2) is 85.1 Å². The van der Waals surface area contributed by atoms with Crippen LogP contribution in [0.4, 0.5) is 29.1 Å². The highest BCUT2D eigenvalue weighted by Crippen LogP contribution is 2.48. The fourth-order valence-corrected chi connectivity index (χ4v) is 5.93. The van der Waals surface area contributed by atoms with E-state index in [1.807, 2.05) is 31.2 Å². The Morgan fingerprint density at radius 1 is 1.00 bits per heavy atom. The van der Waals surface area contributed by atoms with Crippen LogP contribution in [0.2, 0.25) is 0 Å². The first-order valence-corrected chi connectivity index (χ1v) is 14.9. The lowest BCUT2D eigenvalue weighted by molar-refractivity contribution is -0.344. The number of ketones is 1. The van der Waals surface area contributed by atoms with Crippen molar-refractivity contribution in [2.45, 2.75) is 63.3 Å². The standard InChI is InChI=1S/C33H32FN3O2.C2HF3O2/c1-23-35-16-15-32(36-23)37-17-5-8-26-19-27(11-14-30(26)37)33(31(38)18-24-9-12-28(34)13-10-24)20-29(21-33)39-22-25-6-3-2-4-7-25;3-2(4,5)1(6)7/h2-4,6-7,9-16,19,29H,5,8,17-18,20-22H2,1H3;(H,6,7)/p-1. The zero-order chi connectivity index (χ0) is 32.9. The second-order valence-corrected chi connectivity index (χ2v) is 11.5. The van der Waals surface area contributed by atoms with Crippen molar-refractivity contribution in [2.24, 2.45) is 0 Å². The minimum absolute atomic E-state index is 0.0129. The molecule has 46 heavy (non-hydrogen) atoms. The number of hydrogen-bond donors (Lipinski definition) is 0. The normalized spacial score (nSPS) is 18.9. The second kappa shape index (κ2) is 13.8. The van der Waals surface area contributed by atoms with Crippen molar-refractivity contribution in [1.29, 1.82) is 0 Å². The summed E-state index contributed by atoms with van der Waals surface area (Å²) >= 11 is 0. The van der Waals surface area contributed by atoms with Crippen molar-refractivity contribution in [2.75, 3.05) is 11.4 Å². The van der Waals surface area contributed by atoms with Crippen LogP contribution >= 0.6 is 0 Å². The zero-order valence-corrected chi connectivity index (χ0v) is 25.1. The van der Waals surface area contributed by atoms with Gasteiger partial charge < -0.3 is 19.5 Å². The van der Waals surface area contributed by atoms with Gasteiger partial charge in [-0.2, -0.15) is 13.2 Å². The van der Waals surface area contributed by atoms with Crippen LogP contribution in [0.5, 0.6) is 0 Å². The van der Waals surface area contributed by atoms with E-state index < -0.39 is 17.6 Å². The first-order valence-electron chi connectivity index (χ1n) is 14.9. The molecule has 240 valence electrons. The number of carbonyl (C=O) groups is 2. The van der Waals surface area contributed by atoms with Crippen molar-refractivity contribution in [3.8, 4) is 0 Å². The molecule has 2 heterocycles. The highest BCUT2D eigenvalue weighted by atomic mass is 19.4. The molecule has 0 N–H and O–H groups in total. The molecule has 7 nitrogen and oxygen atoms in total. The molecular formula is C35H32F4N3O4-. The molecule has 1 aromatic heterocycles. The van der Waals surface area contributed by atoms with E-state index in [9.17, 15) is 22.4 Å². The number of aliphatic carboxylic acids is 1. The van der Waals surface area contributed by atoms with Crippen molar-refractivity contribution in [3.63, 3.8) is 0 Å². The summed E-state index contributed by atoms with van der Waals surface area (Å²) in [4.78, 5) is 33.9. The third-order valence-electron chi connectivity index (χ3n) is 8.31. The summed E-state index contributed by atoms with van der Waals surface area (Å²) in [6.45, 7) is 3.33. The largest absolute Gasteiger partial charge is 0.542 e. The number of alkyl halides is 3. The number of carbonyl (C=O) groups excluding carboxylic acids is 2. The van der Waals surface area contributed by atoms with Gasteiger partial charge >= 0.3 is 6.18 Å². The lowest BCUT2D eigenvalue weighted by atomic mass is 9.59. The number of Topliss-reactive ketones (excluding diaryl/α,β-unsaturated/α-hetero) is 1. The van der Waals surface area contributed by atoms with Gasteiger partial charge in [-0.15, -0.1) is 0 Å². The SMILES string of the molecule is Cc1nccc(N2CCCc3cc(C4(C(=O)Cc5ccc(F)cc5)CC(OCc5ccccc5)C4)ccc32)n1.O=C([O-])C(F)(F)F. The number of benzene rings is 3. The van der Waals surface area contributed by atoms with E-state index >= 15 is 0 Å². The molecule has 1 saturated carbocycles. The van der Waals surface area contributed by atoms with Crippen molar-refractivity contribution < 1.29 is 37.0 Å². The van der Waals surface area contributed by atoms with Gasteiger partial charge in [-0.25, -0.2) is 14.4 Å². The molecule has 0 spiro atoms. The maximum atomic E-state index is 13.9. The Hall–Kier alpha value is -4.64. The molecule has 0 radical (unpaired) electrons. The maximum Gasteiger partial charge on any atom is 0.430 e. The number of carboxylic acid groups (broad SMARTS) is 1. The van der Waals surface area contributed by atoms with E-state index in [1.165, 1.54) is 17.7 Å². The van der Waals surface area contributed by atoms with Gasteiger partial charge in [0.2, 0.25) is 0 Å². The molecule has 0 saturated heterocycles. The highest BCUT2D eigenvalue weighted by molar-refractivity contribution is 5.93. The molecule has 1 aliphatic carbocycles. The van der Waals surface area contributed by atoms with Gasteiger partial charge in [0.15, 0.2) is 0 Å². The van der Waals surface area contributed by atoms with E-state index in [4.69, 9.17) is 14.6 Å². The summed E-state index contributed by atoms with van der Waals surface area (Å²) in [5, 5.41) is 8.78. The predicted molar refractivity (Wildman–Crippen MR) is 161 cm³/mol. The van der Waals surface area contributed by atoms with Crippen LogP contribution in [0, 0.1) is 12.7 Å². The molecule has 2 aliphatic rings. The number of halogens is 4. The number of rotatable bonds is 8. The van der Waals surface area contributed by atoms with Gasteiger partial charge in [0.05, 0.1) is 18.1 Å². The molecule has 1 fully saturated rings. The maximum absolute atomic E-state index is 13.9. The van der Waals surface area contributed by atoms with E-state index in [2.05, 4.69) is 45.2 Å². The summed E-state index contributed by atoms with van der Waals surface area (Å²) in [5.41, 5.74) is 4.77. The van der Waals surface area contributed by atoms with E-state index in [0.29, 0.717) is 19.4 Å². The Labute approximate surface area is 263 Å². The molecule has 0 bridgehead atoms. The number of fused-ring (bicyclic) bond motifs is 1. The minimum atomic E-state index is -5.19. The second-order valence-electron chi connectivity index (χ2n) is 11.5. The third kappa shape index (κ3) is 7.59. The van der Waals surface area contributed by atoms with Crippen molar-refractivity contribution in [3.05, 3.63) is 119 Å². The summed E-state index contributed by atoms with van der Waals surface area (Å²) in [5.74, 6) is -1.49. The first-order chi connectivity index (χ1) is 21.9. The number of hydrogen-bond acceptors (Lipinski definition) is 7. The summed E-state index contributed by atoms with van der Waals surface area (Å²) in [6.07, 6.45) is 0.154. The molecule has 4 aromatic rings. The molecule has 11 heteroatoms. The summed E-state index contributed by atoms with van der Waals surface area (Å²) < 4.78 is 51.3. The predicted octanol–water partition coefficient (Wildman–Crippen LogP) is 5.74. The van der Waals surface area contributed by atoms with Gasteiger partial charge in [-0.1, -0.05) is 54.6 Å². The fourth-order valence-electron chi connectivity index (χ4n) is 5.93. The molecule has 6 rings (SSSR count). The van der Waals surface area contributed by atoms with E-state index in [-0.39, 0.29) is 24.1 Å². The molecule has 1 aliphatic heterocycles. The summed E-state index contributed by atoms with van der Waals surface area (Å²) in [6, 6.07) is 24.8. The van der Waals surface area contributed by atoms with Crippen LogP contribution in [0.3, 0.4) is 0 Å². The van der Waals surface area contributed by atoms with Crippen LogP contribution in [-0.2, 0) is 39.2 Å². The topological polar surface area (TPSA) is 95.5 Å². The molecule has 0 unspecified atom stereocenters. The smallest absolute Gasteiger partial charge is 0.430 e. The average Bonchev–Trinajstić information content (AvgIpc) is 3.01.